The smallest absolute Gasteiger partial charge is 0.316 e. The Balaban J connectivity index is 2.17. The van der Waals surface area contributed by atoms with Crippen molar-refractivity contribution >= 4 is 11.9 Å². The number of piperidine rings is 1. The molecule has 2 aliphatic rings. The number of hydrogen-bond donors (Lipinski definition) is 1. The second-order valence-corrected chi connectivity index (χ2v) is 5.34. The lowest BCUT2D eigenvalue weighted by Crippen LogP contribution is -2.62. The second kappa shape index (κ2) is 3.73. The van der Waals surface area contributed by atoms with Crippen molar-refractivity contribution in [2.75, 3.05) is 7.05 Å². The van der Waals surface area contributed by atoms with Crippen LogP contribution in [0.2, 0.25) is 0 Å². The van der Waals surface area contributed by atoms with Gasteiger partial charge in [-0.1, -0.05) is 18.2 Å². The number of aliphatic carboxylic acids is 1. The summed E-state index contributed by atoms with van der Waals surface area (Å²) in [6, 6.07) is 7.35. The van der Waals surface area contributed by atoms with Crippen LogP contribution < -0.4 is 4.74 Å². The predicted molar refractivity (Wildman–Crippen MR) is 66.7 cm³/mol. The molecule has 19 heavy (non-hydrogen) atoms. The molecule has 0 aromatic heterocycles. The van der Waals surface area contributed by atoms with Gasteiger partial charge in [0.1, 0.15) is 11.7 Å². The van der Waals surface area contributed by atoms with E-state index in [0.29, 0.717) is 12.2 Å². The number of carbonyl (C=O) groups is 2. The van der Waals surface area contributed by atoms with E-state index in [1.54, 1.807) is 7.05 Å². The minimum Gasteiger partial charge on any atom is -0.481 e. The molecule has 1 amide bonds. The second-order valence-electron chi connectivity index (χ2n) is 5.34. The highest BCUT2D eigenvalue weighted by atomic mass is 16.5. The maximum Gasteiger partial charge on any atom is 0.316 e. The van der Waals surface area contributed by atoms with E-state index in [2.05, 4.69) is 0 Å². The summed E-state index contributed by atoms with van der Waals surface area (Å²) in [7, 11) is 1.60. The maximum atomic E-state index is 12.3. The van der Waals surface area contributed by atoms with Crippen molar-refractivity contribution in [2.45, 2.75) is 25.0 Å². The Morgan fingerprint density at radius 2 is 2.16 bits per heavy atom. The van der Waals surface area contributed by atoms with E-state index >= 15 is 0 Å². The Morgan fingerprint density at radius 3 is 2.84 bits per heavy atom. The highest BCUT2D eigenvalue weighted by molar-refractivity contribution is 5.99. The van der Waals surface area contributed by atoms with Crippen molar-refractivity contribution in [1.29, 1.82) is 0 Å². The number of benzene rings is 1. The topological polar surface area (TPSA) is 66.8 Å². The van der Waals surface area contributed by atoms with Gasteiger partial charge in [-0.05, 0) is 18.6 Å². The fourth-order valence-corrected chi connectivity index (χ4v) is 3.07. The molecule has 5 heteroatoms. The van der Waals surface area contributed by atoms with Crippen LogP contribution in [0.5, 0.6) is 5.75 Å². The molecular weight excluding hydrogens is 246 g/mol. The van der Waals surface area contributed by atoms with Gasteiger partial charge in [0.2, 0.25) is 5.91 Å². The molecule has 2 bridgehead atoms. The van der Waals surface area contributed by atoms with Crippen LogP contribution in [0.25, 0.3) is 0 Å². The first kappa shape index (κ1) is 12.0. The number of rotatable bonds is 1. The first-order chi connectivity index (χ1) is 8.94. The van der Waals surface area contributed by atoms with Crippen LogP contribution in [-0.4, -0.2) is 34.7 Å². The van der Waals surface area contributed by atoms with Crippen LogP contribution >= 0.6 is 0 Å². The number of likely N-dealkylation sites (tertiary alicyclic amines) is 1. The van der Waals surface area contributed by atoms with Crippen molar-refractivity contribution in [1.82, 2.24) is 4.90 Å². The molecule has 0 unspecified atom stereocenters. The molecule has 5 nitrogen and oxygen atoms in total. The Hall–Kier alpha value is -2.04. The van der Waals surface area contributed by atoms with Gasteiger partial charge in [0.05, 0.1) is 0 Å². The first-order valence-corrected chi connectivity index (χ1v) is 6.22. The molecular formula is C14H15NO4. The van der Waals surface area contributed by atoms with E-state index in [1.807, 2.05) is 31.2 Å². The van der Waals surface area contributed by atoms with Gasteiger partial charge in [0, 0.05) is 19.4 Å². The van der Waals surface area contributed by atoms with E-state index < -0.39 is 17.6 Å². The van der Waals surface area contributed by atoms with Gasteiger partial charge >= 0.3 is 5.97 Å². The highest BCUT2D eigenvalue weighted by Gasteiger charge is 2.54. The summed E-state index contributed by atoms with van der Waals surface area (Å²) >= 11 is 0. The quantitative estimate of drug-likeness (QED) is 0.777. The van der Waals surface area contributed by atoms with Gasteiger partial charge in [-0.3, -0.25) is 9.59 Å². The van der Waals surface area contributed by atoms with Crippen LogP contribution in [-0.2, 0) is 9.59 Å². The number of carbonyl (C=O) groups excluding carboxylic acids is 1. The number of para-hydroxylation sites is 1. The summed E-state index contributed by atoms with van der Waals surface area (Å²) in [5.41, 5.74) is 0.0519. The molecule has 1 saturated heterocycles. The number of nitrogens with zero attached hydrogens (tertiary/aromatic N) is 1. The molecule has 0 saturated carbocycles. The number of carboxylic acids is 1. The summed E-state index contributed by atoms with van der Waals surface area (Å²) in [5, 5.41) is 9.36. The minimum atomic E-state index is -1.07. The highest BCUT2D eigenvalue weighted by Crippen LogP contribution is 2.49. The molecule has 0 spiro atoms. The van der Waals surface area contributed by atoms with Gasteiger partial charge in [-0.15, -0.1) is 0 Å². The third-order valence-electron chi connectivity index (χ3n) is 4.22. The zero-order valence-corrected chi connectivity index (χ0v) is 10.8. The number of hydrogen-bond acceptors (Lipinski definition) is 3. The standard InChI is InChI=1S/C14H15NO4/c1-14-7-9(8-5-3-4-6-10(8)19-14)11(13(17)18)12(16)15(14)2/h3-6,9,11H,7H2,1-2H3,(H,17,18)/t9-,11+,14-/m1/s1. The molecule has 3 atom stereocenters. The van der Waals surface area contributed by atoms with Gasteiger partial charge in [0.25, 0.3) is 0 Å². The van der Waals surface area contributed by atoms with Gasteiger partial charge in [0.15, 0.2) is 5.72 Å². The molecule has 2 aliphatic heterocycles. The fourth-order valence-electron chi connectivity index (χ4n) is 3.07. The summed E-state index contributed by atoms with van der Waals surface area (Å²) in [4.78, 5) is 25.1. The zero-order valence-electron chi connectivity index (χ0n) is 10.8. The van der Waals surface area contributed by atoms with E-state index in [-0.39, 0.29) is 11.8 Å². The molecule has 0 radical (unpaired) electrons. The Morgan fingerprint density at radius 1 is 1.47 bits per heavy atom. The van der Waals surface area contributed by atoms with Crippen LogP contribution in [0.3, 0.4) is 0 Å². The average molecular weight is 261 g/mol. The largest absolute Gasteiger partial charge is 0.481 e. The van der Waals surface area contributed by atoms with Crippen LogP contribution in [0.4, 0.5) is 0 Å². The monoisotopic (exact) mass is 261 g/mol. The van der Waals surface area contributed by atoms with E-state index in [9.17, 15) is 14.7 Å². The lowest BCUT2D eigenvalue weighted by molar-refractivity contribution is -0.176. The molecule has 1 aromatic rings. The summed E-state index contributed by atoms with van der Waals surface area (Å²) in [6.07, 6.45) is 0.503. The fraction of sp³-hybridized carbons (Fsp3) is 0.429. The molecule has 3 rings (SSSR count). The molecule has 1 fully saturated rings. The van der Waals surface area contributed by atoms with Crippen molar-refractivity contribution < 1.29 is 19.4 Å². The van der Waals surface area contributed by atoms with Crippen LogP contribution in [0, 0.1) is 5.92 Å². The van der Waals surface area contributed by atoms with Crippen molar-refractivity contribution in [3.8, 4) is 5.75 Å². The number of fused-ring (bicyclic) bond motifs is 4. The van der Waals surface area contributed by atoms with E-state index in [1.165, 1.54) is 4.90 Å². The van der Waals surface area contributed by atoms with Gasteiger partial charge in [-0.25, -0.2) is 0 Å². The SMILES string of the molecule is CN1C(=O)[C@@H](C(=O)O)[C@@H]2C[C@@]1(C)Oc1ccccc12. The third-order valence-corrected chi connectivity index (χ3v) is 4.22. The third kappa shape index (κ3) is 1.54. The Kier molecular flexibility index (Phi) is 2.36. The Bertz CT molecular complexity index is 570. The summed E-state index contributed by atoms with van der Waals surface area (Å²) in [5.74, 6) is -2.13. The van der Waals surface area contributed by atoms with Crippen molar-refractivity contribution in [3.05, 3.63) is 29.8 Å². The summed E-state index contributed by atoms with van der Waals surface area (Å²) < 4.78 is 5.91. The number of amides is 1. The van der Waals surface area contributed by atoms with Crippen molar-refractivity contribution in [3.63, 3.8) is 0 Å². The zero-order chi connectivity index (χ0) is 13.8. The Labute approximate surface area is 110 Å². The average Bonchev–Trinajstić information content (AvgIpc) is 2.36. The minimum absolute atomic E-state index is 0.323. The lowest BCUT2D eigenvalue weighted by atomic mass is 9.74. The lowest BCUT2D eigenvalue weighted by Gasteiger charge is -2.51. The molecule has 0 aliphatic carbocycles. The molecule has 100 valence electrons. The molecule has 1 aromatic carbocycles. The van der Waals surface area contributed by atoms with Crippen LogP contribution in [0.15, 0.2) is 24.3 Å². The predicted octanol–water partition coefficient (Wildman–Crippen LogP) is 1.44. The summed E-state index contributed by atoms with van der Waals surface area (Å²) in [6.45, 7) is 1.83. The van der Waals surface area contributed by atoms with Gasteiger partial charge < -0.3 is 14.7 Å². The molecule has 2 heterocycles. The molecule has 1 N–H and O–H groups in total. The van der Waals surface area contributed by atoms with E-state index in [4.69, 9.17) is 4.74 Å². The number of ether oxygens (including phenoxy) is 1. The maximum absolute atomic E-state index is 12.3. The van der Waals surface area contributed by atoms with Gasteiger partial charge in [-0.2, -0.15) is 0 Å². The normalized spacial score (nSPS) is 32.5. The first-order valence-electron chi connectivity index (χ1n) is 6.22. The van der Waals surface area contributed by atoms with Crippen LogP contribution in [0.1, 0.15) is 24.8 Å². The van der Waals surface area contributed by atoms with E-state index in [0.717, 1.165) is 5.56 Å². The van der Waals surface area contributed by atoms with Crippen molar-refractivity contribution in [2.24, 2.45) is 5.92 Å². The number of carboxylic acid groups (broad SMARTS) is 1.